The van der Waals surface area contributed by atoms with Gasteiger partial charge in [0.25, 0.3) is 5.56 Å². The van der Waals surface area contributed by atoms with E-state index in [1.807, 2.05) is 23.7 Å². The summed E-state index contributed by atoms with van der Waals surface area (Å²) in [5.41, 5.74) is 2.91. The van der Waals surface area contributed by atoms with Gasteiger partial charge in [-0.15, -0.1) is 11.3 Å². The first-order valence-corrected chi connectivity index (χ1v) is 11.2. The van der Waals surface area contributed by atoms with Gasteiger partial charge in [-0.1, -0.05) is 12.1 Å². The molecule has 5 heterocycles. The molecule has 0 atom stereocenters. The van der Waals surface area contributed by atoms with E-state index in [2.05, 4.69) is 31.9 Å². The number of thiophene rings is 1. The summed E-state index contributed by atoms with van der Waals surface area (Å²) in [7, 11) is 0. The van der Waals surface area contributed by atoms with Gasteiger partial charge in [0.05, 0.1) is 16.1 Å². The quantitative estimate of drug-likeness (QED) is 0.718. The molecule has 3 aromatic heterocycles. The molecule has 0 radical (unpaired) electrons. The maximum atomic E-state index is 12.7. The molecule has 0 spiro atoms. The van der Waals surface area contributed by atoms with Gasteiger partial charge in [-0.3, -0.25) is 9.69 Å². The van der Waals surface area contributed by atoms with Crippen LogP contribution in [0.5, 0.6) is 0 Å². The number of H-pyrrole nitrogens is 1. The van der Waals surface area contributed by atoms with E-state index in [1.165, 1.54) is 24.8 Å². The molecule has 3 aromatic rings. The number of nitrogens with one attached hydrogen (secondary N) is 1. The second-order valence-electron chi connectivity index (χ2n) is 7.85. The summed E-state index contributed by atoms with van der Waals surface area (Å²) in [5, 5.41) is 2.00. The summed E-state index contributed by atoms with van der Waals surface area (Å²) in [5.74, 6) is 1.77. The first kappa shape index (κ1) is 18.5. The molecular weight excluding hydrogens is 382 g/mol. The van der Waals surface area contributed by atoms with Crippen LogP contribution in [0.4, 0.5) is 5.82 Å². The summed E-state index contributed by atoms with van der Waals surface area (Å²) < 4.78 is 0. The summed E-state index contributed by atoms with van der Waals surface area (Å²) in [4.78, 5) is 30.7. The topological polar surface area (TPSA) is 65.1 Å². The molecule has 2 aliphatic heterocycles. The third kappa shape index (κ3) is 3.97. The van der Waals surface area contributed by atoms with Gasteiger partial charge in [-0.05, 0) is 42.3 Å². The molecular formula is C22H25N5OS. The lowest BCUT2D eigenvalue weighted by molar-refractivity contribution is 0.241. The SMILES string of the molecule is O=c1[nH]c(-c2cccs2)nc2c1CN(Cc1ccc(N3CCCCC3)nc1)CC2. The summed E-state index contributed by atoms with van der Waals surface area (Å²) >= 11 is 1.60. The molecule has 0 saturated carbocycles. The molecule has 0 aromatic carbocycles. The predicted molar refractivity (Wildman–Crippen MR) is 116 cm³/mol. The van der Waals surface area contributed by atoms with Crippen molar-refractivity contribution in [2.75, 3.05) is 24.5 Å². The lowest BCUT2D eigenvalue weighted by Gasteiger charge is -2.29. The molecule has 29 heavy (non-hydrogen) atoms. The van der Waals surface area contributed by atoms with Crippen LogP contribution in [-0.2, 0) is 19.5 Å². The number of fused-ring (bicyclic) bond motifs is 1. The van der Waals surface area contributed by atoms with Crippen molar-refractivity contribution in [2.45, 2.75) is 38.8 Å². The zero-order valence-electron chi connectivity index (χ0n) is 16.4. The molecule has 5 rings (SSSR count). The van der Waals surface area contributed by atoms with E-state index in [9.17, 15) is 4.79 Å². The van der Waals surface area contributed by atoms with Gasteiger partial charge in [0.2, 0.25) is 0 Å². The Hall–Kier alpha value is -2.51. The molecule has 7 heteroatoms. The third-order valence-corrected chi connectivity index (χ3v) is 6.67. The Bertz CT molecular complexity index is 1020. The number of hydrogen-bond acceptors (Lipinski definition) is 6. The Kier molecular flexibility index (Phi) is 5.16. The highest BCUT2D eigenvalue weighted by molar-refractivity contribution is 7.13. The van der Waals surface area contributed by atoms with Crippen molar-refractivity contribution in [3.63, 3.8) is 0 Å². The van der Waals surface area contributed by atoms with Crippen LogP contribution in [0.2, 0.25) is 0 Å². The monoisotopic (exact) mass is 407 g/mol. The maximum absolute atomic E-state index is 12.7. The lowest BCUT2D eigenvalue weighted by Crippen LogP contribution is -2.35. The zero-order valence-corrected chi connectivity index (χ0v) is 17.2. The lowest BCUT2D eigenvalue weighted by atomic mass is 10.1. The van der Waals surface area contributed by atoms with E-state index in [-0.39, 0.29) is 5.56 Å². The number of rotatable bonds is 4. The highest BCUT2D eigenvalue weighted by Crippen LogP contribution is 2.23. The van der Waals surface area contributed by atoms with Crippen molar-refractivity contribution in [3.05, 3.63) is 63.0 Å². The van der Waals surface area contributed by atoms with Crippen LogP contribution < -0.4 is 10.5 Å². The van der Waals surface area contributed by atoms with Gasteiger partial charge >= 0.3 is 0 Å². The molecule has 1 saturated heterocycles. The van der Waals surface area contributed by atoms with Crippen LogP contribution in [-0.4, -0.2) is 39.5 Å². The third-order valence-electron chi connectivity index (χ3n) is 5.80. The average Bonchev–Trinajstić information content (AvgIpc) is 3.30. The van der Waals surface area contributed by atoms with Crippen LogP contribution in [0.25, 0.3) is 10.7 Å². The van der Waals surface area contributed by atoms with E-state index in [0.717, 1.165) is 54.6 Å². The Balaban J connectivity index is 1.28. The van der Waals surface area contributed by atoms with E-state index in [4.69, 9.17) is 4.98 Å². The fourth-order valence-electron chi connectivity index (χ4n) is 4.22. The smallest absolute Gasteiger partial charge is 0.255 e. The minimum Gasteiger partial charge on any atom is -0.357 e. The fraction of sp³-hybridized carbons (Fsp3) is 0.409. The number of hydrogen-bond donors (Lipinski definition) is 1. The minimum absolute atomic E-state index is 0.0123. The van der Waals surface area contributed by atoms with Gasteiger partial charge in [0, 0.05) is 45.3 Å². The molecule has 6 nitrogen and oxygen atoms in total. The highest BCUT2D eigenvalue weighted by Gasteiger charge is 2.22. The standard InChI is InChI=1S/C22H25N5OS/c28-22-17-15-26(11-8-18(17)24-21(25-22)19-5-4-12-29-19)14-16-6-7-20(23-13-16)27-9-2-1-3-10-27/h4-7,12-13H,1-3,8-11,14-15H2,(H,24,25,28). The first-order valence-electron chi connectivity index (χ1n) is 10.3. The van der Waals surface area contributed by atoms with Gasteiger partial charge in [-0.2, -0.15) is 0 Å². The zero-order chi connectivity index (χ0) is 19.6. The van der Waals surface area contributed by atoms with E-state index < -0.39 is 0 Å². The van der Waals surface area contributed by atoms with Gasteiger partial charge in [-0.25, -0.2) is 9.97 Å². The van der Waals surface area contributed by atoms with Crippen molar-refractivity contribution < 1.29 is 0 Å². The summed E-state index contributed by atoms with van der Waals surface area (Å²) in [6, 6.07) is 8.28. The van der Waals surface area contributed by atoms with E-state index >= 15 is 0 Å². The largest absolute Gasteiger partial charge is 0.357 e. The molecule has 0 amide bonds. The number of anilines is 1. The summed E-state index contributed by atoms with van der Waals surface area (Å²) in [6.45, 7) is 4.56. The van der Waals surface area contributed by atoms with Crippen molar-refractivity contribution in [2.24, 2.45) is 0 Å². The molecule has 0 bridgehead atoms. The second-order valence-corrected chi connectivity index (χ2v) is 8.80. The van der Waals surface area contributed by atoms with Gasteiger partial charge < -0.3 is 9.88 Å². The van der Waals surface area contributed by atoms with E-state index in [0.29, 0.717) is 12.4 Å². The van der Waals surface area contributed by atoms with Crippen molar-refractivity contribution in [1.82, 2.24) is 19.9 Å². The number of aromatic nitrogens is 3. The molecule has 2 aliphatic rings. The summed E-state index contributed by atoms with van der Waals surface area (Å²) in [6.07, 6.45) is 6.63. The van der Waals surface area contributed by atoms with Gasteiger partial charge in [0.1, 0.15) is 5.82 Å². The number of piperidine rings is 1. The van der Waals surface area contributed by atoms with Crippen LogP contribution >= 0.6 is 11.3 Å². The Morgan fingerprint density at radius 3 is 2.76 bits per heavy atom. The Morgan fingerprint density at radius 2 is 2.00 bits per heavy atom. The van der Waals surface area contributed by atoms with Crippen LogP contribution in [0, 0.1) is 0 Å². The van der Waals surface area contributed by atoms with Gasteiger partial charge in [0.15, 0.2) is 5.82 Å². The molecule has 1 fully saturated rings. The fourth-order valence-corrected chi connectivity index (χ4v) is 4.89. The van der Waals surface area contributed by atoms with Crippen molar-refractivity contribution in [1.29, 1.82) is 0 Å². The molecule has 0 aliphatic carbocycles. The van der Waals surface area contributed by atoms with Crippen LogP contribution in [0.3, 0.4) is 0 Å². The number of pyridine rings is 1. The minimum atomic E-state index is -0.0123. The molecule has 1 N–H and O–H groups in total. The van der Waals surface area contributed by atoms with Crippen molar-refractivity contribution in [3.8, 4) is 10.7 Å². The number of nitrogens with zero attached hydrogens (tertiary/aromatic N) is 4. The van der Waals surface area contributed by atoms with E-state index in [1.54, 1.807) is 11.3 Å². The highest BCUT2D eigenvalue weighted by atomic mass is 32.1. The normalized spacial score (nSPS) is 17.3. The second kappa shape index (κ2) is 8.08. The molecule has 0 unspecified atom stereocenters. The van der Waals surface area contributed by atoms with Crippen LogP contribution in [0.15, 0.2) is 40.6 Å². The average molecular weight is 408 g/mol. The Labute approximate surface area is 174 Å². The predicted octanol–water partition coefficient (Wildman–Crippen LogP) is 3.44. The van der Waals surface area contributed by atoms with Crippen LogP contribution in [0.1, 0.15) is 36.1 Å². The van der Waals surface area contributed by atoms with Crippen molar-refractivity contribution >= 4 is 17.2 Å². The maximum Gasteiger partial charge on any atom is 0.255 e. The first-order chi connectivity index (χ1) is 14.3. The molecule has 150 valence electrons. The Morgan fingerprint density at radius 1 is 1.10 bits per heavy atom. The number of aromatic amines is 1.